The molecular weight excluding hydrogens is 378 g/mol. The molecule has 0 N–H and O–H groups in total. The molecule has 0 aliphatic carbocycles. The molecular formula is C20H21N3O4S. The SMILES string of the molecule is CS(=O)(=O)c1nc(C(=O)OCC2CCN(c3ccccc3)C2)c2ccccn12. The summed E-state index contributed by atoms with van der Waals surface area (Å²) in [4.78, 5) is 18.9. The summed E-state index contributed by atoms with van der Waals surface area (Å²) in [6.07, 6.45) is 3.57. The minimum Gasteiger partial charge on any atom is -0.461 e. The number of para-hydroxylation sites is 1. The van der Waals surface area contributed by atoms with Crippen molar-refractivity contribution >= 4 is 27.0 Å². The maximum absolute atomic E-state index is 12.6. The van der Waals surface area contributed by atoms with Crippen molar-refractivity contribution in [2.75, 3.05) is 30.9 Å². The molecule has 0 spiro atoms. The van der Waals surface area contributed by atoms with Crippen molar-refractivity contribution in [1.82, 2.24) is 9.38 Å². The summed E-state index contributed by atoms with van der Waals surface area (Å²) in [7, 11) is -3.57. The number of hydrogen-bond acceptors (Lipinski definition) is 6. The number of pyridine rings is 1. The van der Waals surface area contributed by atoms with E-state index in [1.165, 1.54) is 4.40 Å². The predicted octanol–water partition coefficient (Wildman–Crippen LogP) is 2.42. The summed E-state index contributed by atoms with van der Waals surface area (Å²) in [5, 5.41) is -0.161. The second-order valence-corrected chi connectivity index (χ2v) is 8.92. The molecule has 146 valence electrons. The van der Waals surface area contributed by atoms with Crippen LogP contribution in [-0.2, 0) is 14.6 Å². The zero-order valence-electron chi connectivity index (χ0n) is 15.5. The minimum atomic E-state index is -3.57. The van der Waals surface area contributed by atoms with Crippen molar-refractivity contribution in [2.24, 2.45) is 5.92 Å². The summed E-state index contributed by atoms with van der Waals surface area (Å²) < 4.78 is 30.9. The number of aromatic nitrogens is 2. The van der Waals surface area contributed by atoms with Crippen LogP contribution in [0.3, 0.4) is 0 Å². The van der Waals surface area contributed by atoms with Gasteiger partial charge in [0.25, 0.3) is 0 Å². The third-order valence-corrected chi connectivity index (χ3v) is 5.85. The van der Waals surface area contributed by atoms with Gasteiger partial charge in [0.2, 0.25) is 15.0 Å². The molecule has 3 heterocycles. The van der Waals surface area contributed by atoms with Crippen LogP contribution in [0, 0.1) is 5.92 Å². The largest absolute Gasteiger partial charge is 0.461 e. The highest BCUT2D eigenvalue weighted by Crippen LogP contribution is 2.24. The maximum atomic E-state index is 12.6. The Morgan fingerprint density at radius 1 is 1.18 bits per heavy atom. The number of carbonyl (C=O) groups excluding carboxylic acids is 1. The van der Waals surface area contributed by atoms with E-state index in [4.69, 9.17) is 4.74 Å². The van der Waals surface area contributed by atoms with Gasteiger partial charge < -0.3 is 9.64 Å². The molecule has 2 aromatic heterocycles. The lowest BCUT2D eigenvalue weighted by Crippen LogP contribution is -2.22. The fraction of sp³-hybridized carbons (Fsp3) is 0.300. The van der Waals surface area contributed by atoms with Crippen molar-refractivity contribution < 1.29 is 17.9 Å². The number of ether oxygens (including phenoxy) is 1. The van der Waals surface area contributed by atoms with Gasteiger partial charge in [-0.15, -0.1) is 0 Å². The predicted molar refractivity (Wildman–Crippen MR) is 105 cm³/mol. The van der Waals surface area contributed by atoms with Crippen LogP contribution in [0.25, 0.3) is 5.52 Å². The lowest BCUT2D eigenvalue weighted by molar-refractivity contribution is 0.0446. The number of benzene rings is 1. The fourth-order valence-corrected chi connectivity index (χ4v) is 4.30. The Balaban J connectivity index is 1.47. The van der Waals surface area contributed by atoms with E-state index >= 15 is 0 Å². The number of esters is 1. The van der Waals surface area contributed by atoms with Gasteiger partial charge in [0.05, 0.1) is 12.1 Å². The number of rotatable bonds is 5. The van der Waals surface area contributed by atoms with Crippen LogP contribution in [0.5, 0.6) is 0 Å². The van der Waals surface area contributed by atoms with Gasteiger partial charge in [-0.3, -0.25) is 4.40 Å². The first-order valence-corrected chi connectivity index (χ1v) is 11.0. The average Bonchev–Trinajstić information content (AvgIpc) is 3.31. The highest BCUT2D eigenvalue weighted by atomic mass is 32.2. The van der Waals surface area contributed by atoms with Crippen LogP contribution in [0.4, 0.5) is 5.69 Å². The monoisotopic (exact) mass is 399 g/mol. The number of hydrogen-bond donors (Lipinski definition) is 0. The van der Waals surface area contributed by atoms with Crippen LogP contribution in [0.15, 0.2) is 59.9 Å². The van der Waals surface area contributed by atoms with Gasteiger partial charge in [0, 0.05) is 37.1 Å². The van der Waals surface area contributed by atoms with Crippen LogP contribution >= 0.6 is 0 Å². The molecule has 0 radical (unpaired) electrons. The first-order valence-electron chi connectivity index (χ1n) is 9.08. The molecule has 4 rings (SSSR count). The molecule has 0 amide bonds. The smallest absolute Gasteiger partial charge is 0.359 e. The number of imidazole rings is 1. The van der Waals surface area contributed by atoms with E-state index < -0.39 is 15.8 Å². The van der Waals surface area contributed by atoms with E-state index in [1.54, 1.807) is 24.4 Å². The maximum Gasteiger partial charge on any atom is 0.359 e. The van der Waals surface area contributed by atoms with E-state index in [0.717, 1.165) is 31.5 Å². The quantitative estimate of drug-likeness (QED) is 0.613. The van der Waals surface area contributed by atoms with Crippen molar-refractivity contribution in [3.63, 3.8) is 0 Å². The summed E-state index contributed by atoms with van der Waals surface area (Å²) in [5.74, 6) is -0.371. The first-order chi connectivity index (χ1) is 13.4. The molecule has 0 saturated carbocycles. The topological polar surface area (TPSA) is 81.0 Å². The number of carbonyl (C=O) groups is 1. The van der Waals surface area contributed by atoms with Gasteiger partial charge in [-0.25, -0.2) is 18.2 Å². The second kappa shape index (κ2) is 7.27. The molecule has 1 atom stereocenters. The summed E-state index contributed by atoms with van der Waals surface area (Å²) in [6, 6.07) is 15.2. The van der Waals surface area contributed by atoms with E-state index in [-0.39, 0.29) is 23.4 Å². The van der Waals surface area contributed by atoms with Crippen LogP contribution in [0.2, 0.25) is 0 Å². The van der Waals surface area contributed by atoms with Gasteiger partial charge in [-0.2, -0.15) is 0 Å². The molecule has 1 fully saturated rings. The van der Waals surface area contributed by atoms with Gasteiger partial charge >= 0.3 is 5.97 Å². The molecule has 28 heavy (non-hydrogen) atoms. The number of anilines is 1. The molecule has 1 aliphatic heterocycles. The zero-order valence-corrected chi connectivity index (χ0v) is 16.3. The van der Waals surface area contributed by atoms with Crippen molar-refractivity contribution in [3.05, 3.63) is 60.4 Å². The van der Waals surface area contributed by atoms with Crippen LogP contribution in [-0.4, -0.2) is 49.7 Å². The second-order valence-electron chi connectivity index (χ2n) is 7.01. The van der Waals surface area contributed by atoms with Crippen LogP contribution in [0.1, 0.15) is 16.9 Å². The molecule has 1 aliphatic rings. The van der Waals surface area contributed by atoms with Crippen molar-refractivity contribution in [1.29, 1.82) is 0 Å². The van der Waals surface area contributed by atoms with Crippen molar-refractivity contribution in [2.45, 2.75) is 11.6 Å². The molecule has 3 aromatic rings. The molecule has 0 bridgehead atoms. The van der Waals surface area contributed by atoms with E-state index in [0.29, 0.717) is 5.52 Å². The third-order valence-electron chi connectivity index (χ3n) is 4.90. The highest BCUT2D eigenvalue weighted by Gasteiger charge is 2.27. The van der Waals surface area contributed by atoms with Crippen LogP contribution < -0.4 is 4.90 Å². The highest BCUT2D eigenvalue weighted by molar-refractivity contribution is 7.90. The van der Waals surface area contributed by atoms with Gasteiger partial charge in [0.1, 0.15) is 0 Å². The molecule has 8 heteroatoms. The van der Waals surface area contributed by atoms with E-state index in [2.05, 4.69) is 22.0 Å². The summed E-state index contributed by atoms with van der Waals surface area (Å²) in [5.41, 5.74) is 1.61. The summed E-state index contributed by atoms with van der Waals surface area (Å²) >= 11 is 0. The lowest BCUT2D eigenvalue weighted by Gasteiger charge is -2.18. The third kappa shape index (κ3) is 3.60. The molecule has 7 nitrogen and oxygen atoms in total. The number of nitrogens with zero attached hydrogens (tertiary/aromatic N) is 3. The van der Waals surface area contributed by atoms with Gasteiger partial charge in [-0.1, -0.05) is 24.3 Å². The standard InChI is InChI=1S/C20H21N3O4S/c1-28(25,26)20-21-18(17-9-5-6-11-23(17)20)19(24)27-14-15-10-12-22(13-15)16-7-3-2-4-8-16/h2-9,11,15H,10,12-14H2,1H3. The Morgan fingerprint density at radius 2 is 1.93 bits per heavy atom. The minimum absolute atomic E-state index is 0.0268. The Bertz CT molecular complexity index is 1110. The van der Waals surface area contributed by atoms with E-state index in [9.17, 15) is 13.2 Å². The molecule has 1 unspecified atom stereocenters. The zero-order chi connectivity index (χ0) is 19.7. The normalized spacial score (nSPS) is 17.2. The number of sulfone groups is 1. The summed E-state index contributed by atoms with van der Waals surface area (Å²) in [6.45, 7) is 2.01. The fourth-order valence-electron chi connectivity index (χ4n) is 3.53. The number of fused-ring (bicyclic) bond motifs is 1. The Kier molecular flexibility index (Phi) is 4.80. The van der Waals surface area contributed by atoms with Gasteiger partial charge in [0.15, 0.2) is 5.69 Å². The van der Waals surface area contributed by atoms with Gasteiger partial charge in [-0.05, 0) is 30.7 Å². The molecule has 1 aromatic carbocycles. The lowest BCUT2D eigenvalue weighted by atomic mass is 10.1. The molecule has 1 saturated heterocycles. The Hall–Kier alpha value is -2.87. The first kappa shape index (κ1) is 18.5. The van der Waals surface area contributed by atoms with Crippen molar-refractivity contribution in [3.8, 4) is 0 Å². The Morgan fingerprint density at radius 3 is 2.68 bits per heavy atom. The van der Waals surface area contributed by atoms with E-state index in [1.807, 2.05) is 18.2 Å². The Labute approximate surface area is 163 Å². The average molecular weight is 399 g/mol.